The van der Waals surface area contributed by atoms with Gasteiger partial charge in [-0.2, -0.15) is 0 Å². The molecule has 0 bridgehead atoms. The van der Waals surface area contributed by atoms with E-state index < -0.39 is 15.1 Å². The number of hydrogen-bond acceptors (Lipinski definition) is 3. The standard InChI is InChI=1S/C12H15NO3S/c1-3-12(14)13-9-11(17(2,15)16)10-7-5-4-6-8-10/h3-8,11H,1,9H2,2H3,(H,13,14). The van der Waals surface area contributed by atoms with Crippen LogP contribution in [0.3, 0.4) is 0 Å². The molecule has 1 atom stereocenters. The van der Waals surface area contributed by atoms with Gasteiger partial charge >= 0.3 is 0 Å². The van der Waals surface area contributed by atoms with Gasteiger partial charge in [0.05, 0.1) is 0 Å². The molecule has 0 saturated carbocycles. The Morgan fingerprint density at radius 2 is 2.00 bits per heavy atom. The highest BCUT2D eigenvalue weighted by atomic mass is 32.2. The van der Waals surface area contributed by atoms with Crippen molar-refractivity contribution < 1.29 is 13.2 Å². The maximum absolute atomic E-state index is 11.7. The fourth-order valence-electron chi connectivity index (χ4n) is 1.45. The zero-order chi connectivity index (χ0) is 12.9. The Bertz CT molecular complexity index is 494. The molecule has 1 rings (SSSR count). The molecule has 1 aromatic carbocycles. The van der Waals surface area contributed by atoms with Gasteiger partial charge in [0.15, 0.2) is 9.84 Å². The minimum absolute atomic E-state index is 0.0493. The lowest BCUT2D eigenvalue weighted by Gasteiger charge is -2.15. The predicted molar refractivity (Wildman–Crippen MR) is 67.2 cm³/mol. The second-order valence-corrected chi connectivity index (χ2v) is 5.91. The van der Waals surface area contributed by atoms with E-state index in [4.69, 9.17) is 0 Å². The first-order valence-electron chi connectivity index (χ1n) is 5.09. The van der Waals surface area contributed by atoms with Crippen LogP contribution >= 0.6 is 0 Å². The molecule has 0 saturated heterocycles. The van der Waals surface area contributed by atoms with E-state index in [0.717, 1.165) is 12.3 Å². The first-order valence-corrected chi connectivity index (χ1v) is 7.04. The lowest BCUT2D eigenvalue weighted by atomic mass is 10.1. The van der Waals surface area contributed by atoms with Crippen molar-refractivity contribution in [1.29, 1.82) is 0 Å². The van der Waals surface area contributed by atoms with E-state index in [1.807, 2.05) is 6.07 Å². The highest BCUT2D eigenvalue weighted by Crippen LogP contribution is 2.20. The van der Waals surface area contributed by atoms with E-state index in [9.17, 15) is 13.2 Å². The number of sulfone groups is 1. The van der Waals surface area contributed by atoms with Crippen molar-refractivity contribution in [3.8, 4) is 0 Å². The predicted octanol–water partition coefficient (Wildman–Crippen LogP) is 1.07. The van der Waals surface area contributed by atoms with Gasteiger partial charge in [-0.3, -0.25) is 4.79 Å². The summed E-state index contributed by atoms with van der Waals surface area (Å²) in [5.74, 6) is -0.380. The summed E-state index contributed by atoms with van der Waals surface area (Å²) in [4.78, 5) is 11.1. The molecular formula is C12H15NO3S. The van der Waals surface area contributed by atoms with Gasteiger partial charge in [0, 0.05) is 12.8 Å². The number of amides is 1. The summed E-state index contributed by atoms with van der Waals surface area (Å²) < 4.78 is 23.3. The fraction of sp³-hybridized carbons (Fsp3) is 0.250. The smallest absolute Gasteiger partial charge is 0.243 e. The minimum atomic E-state index is -3.27. The van der Waals surface area contributed by atoms with Crippen molar-refractivity contribution in [3.05, 3.63) is 48.6 Å². The summed E-state index contributed by atoms with van der Waals surface area (Å²) in [6.45, 7) is 3.36. The Hall–Kier alpha value is -1.62. The van der Waals surface area contributed by atoms with Gasteiger partial charge in [-0.15, -0.1) is 0 Å². The van der Waals surface area contributed by atoms with E-state index in [1.165, 1.54) is 0 Å². The third kappa shape index (κ3) is 4.03. The van der Waals surface area contributed by atoms with Crippen LogP contribution in [0.5, 0.6) is 0 Å². The zero-order valence-corrected chi connectivity index (χ0v) is 10.4. The highest BCUT2D eigenvalue weighted by Gasteiger charge is 2.22. The normalized spacial score (nSPS) is 12.8. The average Bonchev–Trinajstić information content (AvgIpc) is 2.28. The number of carbonyl (C=O) groups is 1. The van der Waals surface area contributed by atoms with Gasteiger partial charge in [0.25, 0.3) is 0 Å². The molecule has 0 heterocycles. The molecule has 0 aliphatic carbocycles. The Labute approximate surface area is 101 Å². The maximum Gasteiger partial charge on any atom is 0.243 e. The van der Waals surface area contributed by atoms with Crippen LogP contribution in [0, 0.1) is 0 Å². The van der Waals surface area contributed by atoms with Crippen molar-refractivity contribution in [2.75, 3.05) is 12.8 Å². The molecule has 0 fully saturated rings. The molecule has 1 N–H and O–H groups in total. The topological polar surface area (TPSA) is 63.2 Å². The fourth-order valence-corrected chi connectivity index (χ4v) is 2.49. The van der Waals surface area contributed by atoms with E-state index in [1.54, 1.807) is 24.3 Å². The van der Waals surface area contributed by atoms with Gasteiger partial charge in [-0.1, -0.05) is 36.9 Å². The molecule has 0 spiro atoms. The number of nitrogens with one attached hydrogen (secondary N) is 1. The quantitative estimate of drug-likeness (QED) is 0.798. The number of hydrogen-bond donors (Lipinski definition) is 1. The van der Waals surface area contributed by atoms with Gasteiger partial charge < -0.3 is 5.32 Å². The summed E-state index contributed by atoms with van der Waals surface area (Å²) in [6, 6.07) is 8.80. The third-order valence-corrected chi connectivity index (χ3v) is 3.81. The van der Waals surface area contributed by atoms with Crippen molar-refractivity contribution in [2.24, 2.45) is 0 Å². The second-order valence-electron chi connectivity index (χ2n) is 3.68. The Morgan fingerprint density at radius 1 is 1.41 bits per heavy atom. The van der Waals surface area contributed by atoms with Gasteiger partial charge in [-0.25, -0.2) is 8.42 Å². The Kier molecular flexibility index (Phi) is 4.45. The average molecular weight is 253 g/mol. The monoisotopic (exact) mass is 253 g/mol. The SMILES string of the molecule is C=CC(=O)NCC(c1ccccc1)S(C)(=O)=O. The largest absolute Gasteiger partial charge is 0.351 e. The van der Waals surface area contributed by atoms with Crippen LogP contribution < -0.4 is 5.32 Å². The van der Waals surface area contributed by atoms with Crippen molar-refractivity contribution in [3.63, 3.8) is 0 Å². The molecule has 1 unspecified atom stereocenters. The summed E-state index contributed by atoms with van der Waals surface area (Å²) in [5, 5.41) is 1.77. The minimum Gasteiger partial charge on any atom is -0.351 e. The lowest BCUT2D eigenvalue weighted by molar-refractivity contribution is -0.116. The van der Waals surface area contributed by atoms with Crippen molar-refractivity contribution in [2.45, 2.75) is 5.25 Å². The van der Waals surface area contributed by atoms with E-state index >= 15 is 0 Å². The molecule has 1 aromatic rings. The van der Waals surface area contributed by atoms with Crippen LogP contribution in [0.15, 0.2) is 43.0 Å². The molecule has 4 nitrogen and oxygen atoms in total. The summed E-state index contributed by atoms with van der Waals surface area (Å²) in [7, 11) is -3.27. The number of carbonyl (C=O) groups excluding carboxylic acids is 1. The Balaban J connectivity index is 2.91. The molecular weight excluding hydrogens is 238 g/mol. The molecule has 17 heavy (non-hydrogen) atoms. The molecule has 0 aliphatic heterocycles. The number of benzene rings is 1. The van der Waals surface area contributed by atoms with Crippen molar-refractivity contribution in [1.82, 2.24) is 5.32 Å². The van der Waals surface area contributed by atoms with E-state index in [-0.39, 0.29) is 12.5 Å². The molecule has 0 aliphatic rings. The molecule has 1 amide bonds. The van der Waals surface area contributed by atoms with Gasteiger partial charge in [0.1, 0.15) is 5.25 Å². The third-order valence-electron chi connectivity index (χ3n) is 2.34. The lowest BCUT2D eigenvalue weighted by Crippen LogP contribution is -2.30. The Morgan fingerprint density at radius 3 is 2.47 bits per heavy atom. The summed E-state index contributed by atoms with van der Waals surface area (Å²) in [5.41, 5.74) is 0.666. The van der Waals surface area contributed by atoms with Crippen LogP contribution in [0.4, 0.5) is 0 Å². The van der Waals surface area contributed by atoms with E-state index in [2.05, 4.69) is 11.9 Å². The zero-order valence-electron chi connectivity index (χ0n) is 9.59. The molecule has 0 aromatic heterocycles. The summed E-state index contributed by atoms with van der Waals surface area (Å²) >= 11 is 0. The molecule has 5 heteroatoms. The van der Waals surface area contributed by atoms with Crippen LogP contribution in [0.1, 0.15) is 10.8 Å². The number of rotatable bonds is 5. The first-order chi connectivity index (χ1) is 7.95. The maximum atomic E-state index is 11.7. The van der Waals surface area contributed by atoms with Crippen LogP contribution in [-0.4, -0.2) is 27.1 Å². The van der Waals surface area contributed by atoms with Gasteiger partial charge in [-0.05, 0) is 11.6 Å². The van der Waals surface area contributed by atoms with Crippen LogP contribution in [-0.2, 0) is 14.6 Å². The second kappa shape index (κ2) is 5.63. The molecule has 92 valence electrons. The molecule has 0 radical (unpaired) electrons. The van der Waals surface area contributed by atoms with Crippen LogP contribution in [0.2, 0.25) is 0 Å². The van der Waals surface area contributed by atoms with Gasteiger partial charge in [0.2, 0.25) is 5.91 Å². The summed E-state index contributed by atoms with van der Waals surface area (Å²) in [6.07, 6.45) is 2.27. The van der Waals surface area contributed by atoms with Crippen molar-refractivity contribution >= 4 is 15.7 Å². The highest BCUT2D eigenvalue weighted by molar-refractivity contribution is 7.91. The van der Waals surface area contributed by atoms with Crippen LogP contribution in [0.25, 0.3) is 0 Å². The first kappa shape index (κ1) is 13.4. The van der Waals surface area contributed by atoms with E-state index in [0.29, 0.717) is 5.56 Å².